The van der Waals surface area contributed by atoms with E-state index in [0.717, 1.165) is 12.1 Å². The highest BCUT2D eigenvalue weighted by atomic mass is 32.2. The molecule has 0 unspecified atom stereocenters. The van der Waals surface area contributed by atoms with Crippen LogP contribution in [0, 0.1) is 11.7 Å². The zero-order valence-electron chi connectivity index (χ0n) is 14.5. The lowest BCUT2D eigenvalue weighted by Crippen LogP contribution is -2.33. The van der Waals surface area contributed by atoms with Crippen LogP contribution in [-0.4, -0.2) is 32.8 Å². The van der Waals surface area contributed by atoms with Crippen molar-refractivity contribution in [1.29, 1.82) is 0 Å². The first-order valence-corrected chi connectivity index (χ1v) is 11.1. The van der Waals surface area contributed by atoms with Crippen molar-refractivity contribution in [1.82, 2.24) is 14.9 Å². The van der Waals surface area contributed by atoms with Gasteiger partial charge >= 0.3 is 5.22 Å². The first kappa shape index (κ1) is 20.5. The van der Waals surface area contributed by atoms with Crippen LogP contribution in [0.4, 0.5) is 4.39 Å². The molecule has 144 valence electrons. The second-order valence-corrected chi connectivity index (χ2v) is 9.94. The van der Waals surface area contributed by atoms with E-state index in [4.69, 9.17) is 4.42 Å². The Morgan fingerprint density at radius 2 is 1.73 bits per heavy atom. The van der Waals surface area contributed by atoms with Gasteiger partial charge in [-0.05, 0) is 30.5 Å². The quantitative estimate of drug-likeness (QED) is 0.711. The van der Waals surface area contributed by atoms with Crippen molar-refractivity contribution in [2.45, 2.75) is 37.8 Å². The van der Waals surface area contributed by atoms with Gasteiger partial charge in [-0.3, -0.25) is 0 Å². The molecular formula is C15H20FN3O5S2. The van der Waals surface area contributed by atoms with E-state index in [0.29, 0.717) is 5.56 Å². The van der Waals surface area contributed by atoms with E-state index in [-0.39, 0.29) is 17.6 Å². The Labute approximate surface area is 151 Å². The monoisotopic (exact) mass is 405 g/mol. The van der Waals surface area contributed by atoms with E-state index in [1.807, 2.05) is 0 Å². The molecule has 11 heteroatoms. The van der Waals surface area contributed by atoms with Gasteiger partial charge < -0.3 is 4.42 Å². The van der Waals surface area contributed by atoms with Crippen LogP contribution >= 0.6 is 0 Å². The van der Waals surface area contributed by atoms with Crippen LogP contribution < -0.4 is 4.72 Å². The predicted molar refractivity (Wildman–Crippen MR) is 91.8 cm³/mol. The molecule has 2 aromatic rings. The second-order valence-electron chi connectivity index (χ2n) is 6.03. The largest absolute Gasteiger partial charge is 0.411 e. The molecule has 1 N–H and O–H groups in total. The van der Waals surface area contributed by atoms with Crippen LogP contribution in [0.25, 0.3) is 0 Å². The molecule has 0 saturated carbocycles. The fraction of sp³-hybridized carbons (Fsp3) is 0.467. The zero-order valence-corrected chi connectivity index (χ0v) is 16.1. The van der Waals surface area contributed by atoms with Crippen LogP contribution in [0.1, 0.15) is 38.3 Å². The standard InChI is InChI=1S/C15H20FN3O5S2/c1-4-26(22,23)19-13(10(2)3)14-17-18-15(24-14)25(20,21)9-11-5-7-12(16)8-6-11/h5-8,10,13,19H,4,9H2,1-3H3/t13-/m0/s1. The minimum atomic E-state index is -3.95. The average molecular weight is 405 g/mol. The van der Waals surface area contributed by atoms with Crippen LogP contribution in [-0.2, 0) is 25.6 Å². The molecule has 0 aliphatic rings. The van der Waals surface area contributed by atoms with Crippen molar-refractivity contribution in [3.8, 4) is 0 Å². The van der Waals surface area contributed by atoms with Gasteiger partial charge in [0.15, 0.2) is 0 Å². The lowest BCUT2D eigenvalue weighted by Gasteiger charge is -2.17. The summed E-state index contributed by atoms with van der Waals surface area (Å²) in [5, 5.41) is 6.63. The zero-order chi connectivity index (χ0) is 19.5. The molecule has 0 bridgehead atoms. The summed E-state index contributed by atoms with van der Waals surface area (Å²) in [6.45, 7) is 4.95. The third-order valence-corrected chi connectivity index (χ3v) is 6.36. The SMILES string of the molecule is CCS(=O)(=O)N[C@H](c1nnc(S(=O)(=O)Cc2ccc(F)cc2)o1)C(C)C. The molecule has 1 atom stereocenters. The number of aromatic nitrogens is 2. The summed E-state index contributed by atoms with van der Waals surface area (Å²) in [4.78, 5) is 0. The molecule has 0 aliphatic carbocycles. The Morgan fingerprint density at radius 1 is 1.12 bits per heavy atom. The summed E-state index contributed by atoms with van der Waals surface area (Å²) >= 11 is 0. The molecule has 0 aliphatic heterocycles. The van der Waals surface area contributed by atoms with Crippen molar-refractivity contribution >= 4 is 19.9 Å². The van der Waals surface area contributed by atoms with E-state index in [2.05, 4.69) is 14.9 Å². The predicted octanol–water partition coefficient (Wildman–Crippen LogP) is 1.82. The lowest BCUT2D eigenvalue weighted by molar-refractivity contribution is 0.326. The summed E-state index contributed by atoms with van der Waals surface area (Å²) < 4.78 is 69.0. The van der Waals surface area contributed by atoms with Gasteiger partial charge in [0.05, 0.1) is 11.5 Å². The van der Waals surface area contributed by atoms with E-state index >= 15 is 0 Å². The smallest absolute Gasteiger partial charge is 0.335 e. The molecule has 1 aromatic heterocycles. The Bertz CT molecular complexity index is 953. The number of hydrogen-bond acceptors (Lipinski definition) is 7. The summed E-state index contributed by atoms with van der Waals surface area (Å²) in [6.07, 6.45) is 0. The number of sulfonamides is 1. The summed E-state index contributed by atoms with van der Waals surface area (Å²) in [5.41, 5.74) is 0.359. The normalized spacial score (nSPS) is 13.9. The number of hydrogen-bond donors (Lipinski definition) is 1. The van der Waals surface area contributed by atoms with Crippen LogP contribution in [0.15, 0.2) is 33.9 Å². The highest BCUT2D eigenvalue weighted by Gasteiger charge is 2.30. The van der Waals surface area contributed by atoms with Crippen molar-refractivity contribution in [3.63, 3.8) is 0 Å². The van der Waals surface area contributed by atoms with Gasteiger partial charge in [0.1, 0.15) is 11.9 Å². The second kappa shape index (κ2) is 7.80. The summed E-state index contributed by atoms with van der Waals surface area (Å²) in [6, 6.07) is 4.14. The number of nitrogens with one attached hydrogen (secondary N) is 1. The van der Waals surface area contributed by atoms with Crippen molar-refractivity contribution < 1.29 is 25.6 Å². The third-order valence-electron chi connectivity index (χ3n) is 3.58. The molecule has 2 rings (SSSR count). The maximum atomic E-state index is 12.9. The Balaban J connectivity index is 2.27. The van der Waals surface area contributed by atoms with Gasteiger partial charge in [-0.25, -0.2) is 25.9 Å². The fourth-order valence-electron chi connectivity index (χ4n) is 2.08. The van der Waals surface area contributed by atoms with Crippen molar-refractivity contribution in [2.75, 3.05) is 5.75 Å². The van der Waals surface area contributed by atoms with E-state index in [9.17, 15) is 21.2 Å². The number of nitrogens with zero attached hydrogens (tertiary/aromatic N) is 2. The molecule has 1 aromatic carbocycles. The van der Waals surface area contributed by atoms with Gasteiger partial charge in [0, 0.05) is 0 Å². The molecule has 0 amide bonds. The molecule has 26 heavy (non-hydrogen) atoms. The maximum absolute atomic E-state index is 12.9. The van der Waals surface area contributed by atoms with Crippen molar-refractivity contribution in [3.05, 3.63) is 41.5 Å². The molecule has 0 spiro atoms. The molecular weight excluding hydrogens is 385 g/mol. The van der Waals surface area contributed by atoms with Crippen LogP contribution in [0.3, 0.4) is 0 Å². The maximum Gasteiger partial charge on any atom is 0.335 e. The van der Waals surface area contributed by atoms with Crippen LogP contribution in [0.5, 0.6) is 0 Å². The van der Waals surface area contributed by atoms with E-state index in [1.165, 1.54) is 19.1 Å². The molecule has 8 nitrogen and oxygen atoms in total. The van der Waals surface area contributed by atoms with Gasteiger partial charge in [0.25, 0.3) is 0 Å². The minimum Gasteiger partial charge on any atom is -0.411 e. The van der Waals surface area contributed by atoms with Gasteiger partial charge in [-0.1, -0.05) is 31.1 Å². The molecule has 0 saturated heterocycles. The van der Waals surface area contributed by atoms with Gasteiger partial charge in [-0.2, -0.15) is 0 Å². The van der Waals surface area contributed by atoms with Crippen LogP contribution in [0.2, 0.25) is 0 Å². The molecule has 1 heterocycles. The van der Waals surface area contributed by atoms with Gasteiger partial charge in [-0.15, -0.1) is 5.10 Å². The Kier molecular flexibility index (Phi) is 6.14. The first-order valence-electron chi connectivity index (χ1n) is 7.84. The van der Waals surface area contributed by atoms with Gasteiger partial charge in [0.2, 0.25) is 25.8 Å². The third kappa shape index (κ3) is 5.08. The summed E-state index contributed by atoms with van der Waals surface area (Å²) in [5.74, 6) is -1.43. The molecule has 0 radical (unpaired) electrons. The van der Waals surface area contributed by atoms with E-state index < -0.39 is 42.7 Å². The number of sulfone groups is 1. The number of halogens is 1. The average Bonchev–Trinajstić information content (AvgIpc) is 3.05. The Morgan fingerprint density at radius 3 is 2.27 bits per heavy atom. The highest BCUT2D eigenvalue weighted by Crippen LogP contribution is 2.24. The number of rotatable bonds is 8. The van der Waals surface area contributed by atoms with Crippen molar-refractivity contribution in [2.24, 2.45) is 5.92 Å². The summed E-state index contributed by atoms with van der Waals surface area (Å²) in [7, 11) is -7.51. The lowest BCUT2D eigenvalue weighted by atomic mass is 10.1. The topological polar surface area (TPSA) is 119 Å². The highest BCUT2D eigenvalue weighted by molar-refractivity contribution is 7.90. The molecule has 0 fully saturated rings. The number of benzene rings is 1. The van der Waals surface area contributed by atoms with E-state index in [1.54, 1.807) is 13.8 Å². The minimum absolute atomic E-state index is 0.130. The fourth-order valence-corrected chi connectivity index (χ4v) is 4.14. The Hall–Kier alpha value is -1.85. The first-order chi connectivity index (χ1) is 12.0.